The highest BCUT2D eigenvalue weighted by Crippen LogP contribution is 2.34. The van der Waals surface area contributed by atoms with Gasteiger partial charge in [-0.2, -0.15) is 0 Å². The van der Waals surface area contributed by atoms with Crippen molar-refractivity contribution in [1.29, 1.82) is 0 Å². The Kier molecular flexibility index (Phi) is 6.19. The molecule has 0 spiro atoms. The van der Waals surface area contributed by atoms with E-state index in [1.165, 1.54) is 0 Å². The van der Waals surface area contributed by atoms with Crippen molar-refractivity contribution in [1.82, 2.24) is 20.2 Å². The fourth-order valence-corrected chi connectivity index (χ4v) is 4.57. The minimum Gasteiger partial charge on any atom is -0.495 e. The second-order valence-electron chi connectivity index (χ2n) is 8.71. The van der Waals surface area contributed by atoms with E-state index in [0.717, 1.165) is 33.3 Å². The number of methoxy groups -OCH3 is 1. The number of nitrogens with zero attached hydrogens (tertiary/aromatic N) is 4. The fraction of sp³-hybridized carbons (Fsp3) is 0.0667. The first-order chi connectivity index (χ1) is 18.6. The third-order valence-electron chi connectivity index (χ3n) is 6.23. The Balaban J connectivity index is 1.27. The molecule has 0 aliphatic heterocycles. The van der Waals surface area contributed by atoms with Crippen molar-refractivity contribution in [2.24, 2.45) is 0 Å². The third kappa shape index (κ3) is 4.55. The Morgan fingerprint density at radius 3 is 2.42 bits per heavy atom. The normalized spacial score (nSPS) is 11.0. The van der Waals surface area contributed by atoms with E-state index in [2.05, 4.69) is 31.5 Å². The Bertz CT molecular complexity index is 1790. The molecule has 6 aromatic rings. The van der Waals surface area contributed by atoms with E-state index in [1.807, 2.05) is 73.7 Å². The lowest BCUT2D eigenvalue weighted by Crippen LogP contribution is -2.00. The number of aromatic nitrogens is 4. The summed E-state index contributed by atoms with van der Waals surface area (Å²) in [4.78, 5) is 8.80. The summed E-state index contributed by atoms with van der Waals surface area (Å²) in [6, 6.07) is 25.1. The van der Waals surface area contributed by atoms with E-state index in [1.54, 1.807) is 25.6 Å². The Labute approximate surface area is 224 Å². The lowest BCUT2D eigenvalue weighted by Gasteiger charge is -2.13. The third-order valence-corrected chi connectivity index (χ3v) is 6.46. The molecule has 0 saturated carbocycles. The van der Waals surface area contributed by atoms with Crippen molar-refractivity contribution >= 4 is 44.9 Å². The summed E-state index contributed by atoms with van der Waals surface area (Å²) in [6.07, 6.45) is 3.34. The number of pyridine rings is 2. The minimum absolute atomic E-state index is 0.614. The molecule has 1 N–H and O–H groups in total. The van der Waals surface area contributed by atoms with Gasteiger partial charge in [-0.3, -0.25) is 4.98 Å². The number of nitrogens with one attached hydrogen (secondary N) is 1. The smallest absolute Gasteiger partial charge is 0.161 e. The molecule has 0 fully saturated rings. The molecule has 0 bridgehead atoms. The monoisotopic (exact) mass is 519 g/mol. The molecule has 0 amide bonds. The molecule has 0 aliphatic rings. The predicted octanol–water partition coefficient (Wildman–Crippen LogP) is 7.75. The number of fused-ring (bicyclic) bond motifs is 2. The highest BCUT2D eigenvalue weighted by atomic mass is 35.5. The van der Waals surface area contributed by atoms with Gasteiger partial charge in [0.05, 0.1) is 18.8 Å². The number of rotatable bonds is 6. The molecule has 186 valence electrons. The van der Waals surface area contributed by atoms with Gasteiger partial charge in [0.2, 0.25) is 0 Å². The van der Waals surface area contributed by atoms with Crippen LogP contribution < -0.4 is 14.8 Å². The van der Waals surface area contributed by atoms with Crippen LogP contribution in [0.25, 0.3) is 33.1 Å². The number of halogens is 1. The van der Waals surface area contributed by atoms with Crippen LogP contribution in [0.5, 0.6) is 17.2 Å². The summed E-state index contributed by atoms with van der Waals surface area (Å²) < 4.78 is 11.4. The summed E-state index contributed by atoms with van der Waals surface area (Å²) >= 11 is 6.17. The van der Waals surface area contributed by atoms with Crippen LogP contribution in [0.3, 0.4) is 0 Å². The molecule has 8 heteroatoms. The summed E-state index contributed by atoms with van der Waals surface area (Å²) in [5.74, 6) is 2.60. The molecule has 7 nitrogen and oxygen atoms in total. The molecule has 3 heterocycles. The van der Waals surface area contributed by atoms with Crippen molar-refractivity contribution in [2.75, 3.05) is 12.4 Å². The number of benzene rings is 3. The van der Waals surface area contributed by atoms with Crippen LogP contribution in [-0.2, 0) is 0 Å². The number of aryl methyl sites for hydroxylation is 1. The van der Waals surface area contributed by atoms with Crippen LogP contribution in [0.4, 0.5) is 11.5 Å². The molecule has 0 radical (unpaired) electrons. The van der Waals surface area contributed by atoms with Gasteiger partial charge in [-0.1, -0.05) is 41.9 Å². The highest BCUT2D eigenvalue weighted by Gasteiger charge is 2.13. The maximum Gasteiger partial charge on any atom is 0.161 e. The molecule has 0 atom stereocenters. The molecule has 6 rings (SSSR count). The average Bonchev–Trinajstić information content (AvgIpc) is 2.94. The van der Waals surface area contributed by atoms with Gasteiger partial charge in [-0.05, 0) is 48.9 Å². The van der Waals surface area contributed by atoms with Gasteiger partial charge in [0.25, 0.3) is 0 Å². The SMILES string of the molecule is COc1cnc2c(Oc3ccc(Nc4nnc(-c5ccc(Cl)cc5C)c5ccccc45)cc3)ccnc2c1. The van der Waals surface area contributed by atoms with Crippen LogP contribution in [0.2, 0.25) is 5.02 Å². The number of hydrogen-bond donors (Lipinski definition) is 1. The zero-order chi connectivity index (χ0) is 26.1. The van der Waals surface area contributed by atoms with Gasteiger partial charge >= 0.3 is 0 Å². The van der Waals surface area contributed by atoms with Gasteiger partial charge < -0.3 is 14.8 Å². The van der Waals surface area contributed by atoms with Gasteiger partial charge in [-0.25, -0.2) is 4.98 Å². The van der Waals surface area contributed by atoms with E-state index >= 15 is 0 Å². The van der Waals surface area contributed by atoms with E-state index in [9.17, 15) is 0 Å². The van der Waals surface area contributed by atoms with Gasteiger partial charge in [-0.15, -0.1) is 10.2 Å². The van der Waals surface area contributed by atoms with E-state index in [0.29, 0.717) is 39.1 Å². The van der Waals surface area contributed by atoms with Crippen LogP contribution in [0.1, 0.15) is 5.56 Å². The van der Waals surface area contributed by atoms with Crippen LogP contribution in [0.15, 0.2) is 91.3 Å². The first kappa shape index (κ1) is 23.6. The molecular formula is C30H22ClN5O2. The van der Waals surface area contributed by atoms with Crippen molar-refractivity contribution in [2.45, 2.75) is 6.92 Å². The standard InChI is InChI=1S/C30H22ClN5O2/c1-18-15-19(31)7-12-23(18)28-24-5-3-4-6-25(24)30(36-35-28)34-20-8-10-21(11-9-20)38-27-13-14-32-26-16-22(37-2)17-33-29(26)27/h3-17H,1-2H3,(H,34,36). The van der Waals surface area contributed by atoms with Crippen molar-refractivity contribution < 1.29 is 9.47 Å². The summed E-state index contributed by atoms with van der Waals surface area (Å²) in [5.41, 5.74) is 5.08. The maximum atomic E-state index is 6.17. The van der Waals surface area contributed by atoms with Crippen LogP contribution in [0, 0.1) is 6.92 Å². The minimum atomic E-state index is 0.614. The first-order valence-electron chi connectivity index (χ1n) is 11.9. The molecule has 38 heavy (non-hydrogen) atoms. The molecule has 0 aliphatic carbocycles. The zero-order valence-electron chi connectivity index (χ0n) is 20.6. The summed E-state index contributed by atoms with van der Waals surface area (Å²) in [7, 11) is 1.60. The average molecular weight is 520 g/mol. The van der Waals surface area contributed by atoms with Crippen molar-refractivity contribution in [3.63, 3.8) is 0 Å². The largest absolute Gasteiger partial charge is 0.495 e. The zero-order valence-corrected chi connectivity index (χ0v) is 21.4. The molecular weight excluding hydrogens is 498 g/mol. The number of hydrogen-bond acceptors (Lipinski definition) is 7. The second-order valence-corrected chi connectivity index (χ2v) is 9.14. The molecule has 0 saturated heterocycles. The topological polar surface area (TPSA) is 82.0 Å². The fourth-order valence-electron chi connectivity index (χ4n) is 4.34. The van der Waals surface area contributed by atoms with Crippen molar-refractivity contribution in [3.05, 3.63) is 102 Å². The molecule has 3 aromatic carbocycles. The number of ether oxygens (including phenoxy) is 2. The van der Waals surface area contributed by atoms with Gasteiger partial charge in [0.1, 0.15) is 22.7 Å². The Morgan fingerprint density at radius 2 is 1.63 bits per heavy atom. The Morgan fingerprint density at radius 1 is 0.816 bits per heavy atom. The second kappa shape index (κ2) is 9.95. The predicted molar refractivity (Wildman–Crippen MR) is 151 cm³/mol. The van der Waals surface area contributed by atoms with E-state index < -0.39 is 0 Å². The summed E-state index contributed by atoms with van der Waals surface area (Å²) in [6.45, 7) is 2.02. The lowest BCUT2D eigenvalue weighted by atomic mass is 10.0. The molecule has 3 aromatic heterocycles. The van der Waals surface area contributed by atoms with Gasteiger partial charge in [0, 0.05) is 45.4 Å². The Hall–Kier alpha value is -4.75. The number of anilines is 2. The molecule has 0 unspecified atom stereocenters. The highest BCUT2D eigenvalue weighted by molar-refractivity contribution is 6.30. The first-order valence-corrected chi connectivity index (χ1v) is 12.3. The summed E-state index contributed by atoms with van der Waals surface area (Å²) in [5, 5.41) is 15.2. The van der Waals surface area contributed by atoms with Crippen LogP contribution in [-0.4, -0.2) is 27.3 Å². The van der Waals surface area contributed by atoms with E-state index in [4.69, 9.17) is 21.1 Å². The quantitative estimate of drug-likeness (QED) is 0.241. The van der Waals surface area contributed by atoms with E-state index in [-0.39, 0.29) is 0 Å². The maximum absolute atomic E-state index is 6.17. The van der Waals surface area contributed by atoms with Gasteiger partial charge in [0.15, 0.2) is 11.6 Å². The van der Waals surface area contributed by atoms with Crippen molar-refractivity contribution in [3.8, 4) is 28.5 Å². The van der Waals surface area contributed by atoms with Crippen LogP contribution >= 0.6 is 11.6 Å². The lowest BCUT2D eigenvalue weighted by molar-refractivity contribution is 0.413.